The third-order valence-corrected chi connectivity index (χ3v) is 5.64. The van der Waals surface area contributed by atoms with E-state index in [1.807, 2.05) is 19.1 Å². The Morgan fingerprint density at radius 2 is 2.19 bits per heavy atom. The van der Waals surface area contributed by atoms with Gasteiger partial charge < -0.3 is 5.32 Å². The summed E-state index contributed by atoms with van der Waals surface area (Å²) in [5.74, 6) is -0.183. The lowest BCUT2D eigenvalue weighted by atomic mass is 10.0. The van der Waals surface area contributed by atoms with Crippen molar-refractivity contribution in [2.75, 3.05) is 6.54 Å². The second-order valence-corrected chi connectivity index (χ2v) is 7.25. The van der Waals surface area contributed by atoms with Crippen LogP contribution in [0.1, 0.15) is 35.4 Å². The molecule has 21 heavy (non-hydrogen) atoms. The Bertz CT molecular complexity index is 614. The van der Waals surface area contributed by atoms with Crippen molar-refractivity contribution >= 4 is 38.9 Å². The molecular weight excluding hydrogens is 373 g/mol. The summed E-state index contributed by atoms with van der Waals surface area (Å²) >= 11 is 11.3. The maximum absolute atomic E-state index is 14.1. The third kappa shape index (κ3) is 4.28. The molecule has 2 rings (SSSR count). The molecule has 0 fully saturated rings. The molecule has 0 radical (unpaired) electrons. The zero-order valence-electron chi connectivity index (χ0n) is 12.1. The van der Waals surface area contributed by atoms with Crippen LogP contribution in [-0.4, -0.2) is 6.54 Å². The zero-order valence-corrected chi connectivity index (χ0v) is 15.2. The molecule has 0 spiro atoms. The zero-order chi connectivity index (χ0) is 15.4. The standard InChI is InChI=1S/C16H18BrClFNS/c1-3-6-20-14(16-15(18)10(2)9-21-16)7-11-4-5-12(17)8-13(11)19/h4-5,8-9,14,20H,3,6-7H2,1-2H3. The quantitative estimate of drug-likeness (QED) is 0.648. The predicted octanol–water partition coefficient (Wildman–Crippen LogP) is 5.89. The van der Waals surface area contributed by atoms with E-state index in [-0.39, 0.29) is 11.9 Å². The van der Waals surface area contributed by atoms with Crippen LogP contribution in [0.2, 0.25) is 5.02 Å². The Morgan fingerprint density at radius 3 is 2.76 bits per heavy atom. The highest BCUT2D eigenvalue weighted by Crippen LogP contribution is 2.34. The number of rotatable bonds is 6. The first kappa shape index (κ1) is 16.9. The van der Waals surface area contributed by atoms with Crippen molar-refractivity contribution in [1.82, 2.24) is 5.32 Å². The van der Waals surface area contributed by atoms with Crippen molar-refractivity contribution in [3.63, 3.8) is 0 Å². The van der Waals surface area contributed by atoms with E-state index in [1.165, 1.54) is 6.07 Å². The van der Waals surface area contributed by atoms with Gasteiger partial charge in [-0.2, -0.15) is 0 Å². The van der Waals surface area contributed by atoms with Gasteiger partial charge in [0.05, 0.1) is 5.02 Å². The minimum Gasteiger partial charge on any atom is -0.309 e. The molecule has 0 aliphatic carbocycles. The minimum atomic E-state index is -0.183. The fraction of sp³-hybridized carbons (Fsp3) is 0.375. The van der Waals surface area contributed by atoms with E-state index in [9.17, 15) is 4.39 Å². The normalized spacial score (nSPS) is 12.6. The van der Waals surface area contributed by atoms with Crippen LogP contribution in [-0.2, 0) is 6.42 Å². The molecule has 1 heterocycles. The molecule has 1 unspecified atom stereocenters. The van der Waals surface area contributed by atoms with Gasteiger partial charge in [0, 0.05) is 15.4 Å². The van der Waals surface area contributed by atoms with E-state index < -0.39 is 0 Å². The number of hydrogen-bond acceptors (Lipinski definition) is 2. The van der Waals surface area contributed by atoms with E-state index in [1.54, 1.807) is 11.3 Å². The smallest absolute Gasteiger partial charge is 0.127 e. The van der Waals surface area contributed by atoms with Crippen molar-refractivity contribution in [1.29, 1.82) is 0 Å². The highest BCUT2D eigenvalue weighted by Gasteiger charge is 2.19. The van der Waals surface area contributed by atoms with Crippen LogP contribution in [0.25, 0.3) is 0 Å². The van der Waals surface area contributed by atoms with Crippen LogP contribution in [0.4, 0.5) is 4.39 Å². The summed E-state index contributed by atoms with van der Waals surface area (Å²) in [5.41, 5.74) is 1.78. The Labute approximate surface area is 142 Å². The number of aryl methyl sites for hydroxylation is 1. The fourth-order valence-corrected chi connectivity index (χ4v) is 3.90. The Kier molecular flexibility index (Phi) is 6.23. The summed E-state index contributed by atoms with van der Waals surface area (Å²) in [6.45, 7) is 5.00. The molecule has 0 bridgehead atoms. The molecule has 0 saturated carbocycles. The fourth-order valence-electron chi connectivity index (χ4n) is 2.17. The van der Waals surface area contributed by atoms with Crippen LogP contribution >= 0.6 is 38.9 Å². The average Bonchev–Trinajstić information content (AvgIpc) is 2.77. The van der Waals surface area contributed by atoms with E-state index in [2.05, 4.69) is 33.6 Å². The summed E-state index contributed by atoms with van der Waals surface area (Å²) in [6, 6.07) is 5.25. The molecule has 5 heteroatoms. The van der Waals surface area contributed by atoms with Crippen molar-refractivity contribution in [2.24, 2.45) is 0 Å². The lowest BCUT2D eigenvalue weighted by molar-refractivity contribution is 0.519. The SMILES string of the molecule is CCCNC(Cc1ccc(Br)cc1F)c1scc(C)c1Cl. The van der Waals surface area contributed by atoms with Crippen LogP contribution in [0.5, 0.6) is 0 Å². The number of hydrogen-bond donors (Lipinski definition) is 1. The topological polar surface area (TPSA) is 12.0 Å². The van der Waals surface area contributed by atoms with Gasteiger partial charge in [-0.25, -0.2) is 4.39 Å². The molecule has 1 aromatic carbocycles. The van der Waals surface area contributed by atoms with E-state index >= 15 is 0 Å². The molecule has 1 N–H and O–H groups in total. The molecule has 1 aromatic heterocycles. The van der Waals surface area contributed by atoms with Gasteiger partial charge in [-0.05, 0) is 54.9 Å². The van der Waals surface area contributed by atoms with Crippen molar-refractivity contribution < 1.29 is 4.39 Å². The van der Waals surface area contributed by atoms with E-state index in [0.717, 1.165) is 32.9 Å². The highest BCUT2D eigenvalue weighted by molar-refractivity contribution is 9.10. The van der Waals surface area contributed by atoms with Gasteiger partial charge in [0.15, 0.2) is 0 Å². The first-order valence-corrected chi connectivity index (χ1v) is 8.98. The second kappa shape index (κ2) is 7.73. The molecule has 0 saturated heterocycles. The highest BCUT2D eigenvalue weighted by atomic mass is 79.9. The largest absolute Gasteiger partial charge is 0.309 e. The summed E-state index contributed by atoms with van der Waals surface area (Å²) in [4.78, 5) is 1.09. The van der Waals surface area contributed by atoms with Crippen LogP contribution < -0.4 is 5.32 Å². The Morgan fingerprint density at radius 1 is 1.43 bits per heavy atom. The average molecular weight is 391 g/mol. The van der Waals surface area contributed by atoms with Crippen molar-refractivity contribution in [3.8, 4) is 0 Å². The van der Waals surface area contributed by atoms with Gasteiger partial charge in [-0.1, -0.05) is 40.5 Å². The summed E-state index contributed by atoms with van der Waals surface area (Å²) in [6.07, 6.45) is 1.63. The molecule has 2 aromatic rings. The summed E-state index contributed by atoms with van der Waals surface area (Å²) in [5, 5.41) is 6.33. The van der Waals surface area contributed by atoms with Crippen LogP contribution in [0.15, 0.2) is 28.1 Å². The van der Waals surface area contributed by atoms with E-state index in [4.69, 9.17) is 11.6 Å². The van der Waals surface area contributed by atoms with Gasteiger partial charge in [0.25, 0.3) is 0 Å². The molecule has 0 amide bonds. The van der Waals surface area contributed by atoms with Gasteiger partial charge in [0.1, 0.15) is 5.82 Å². The van der Waals surface area contributed by atoms with Crippen molar-refractivity contribution in [3.05, 3.63) is 54.9 Å². The monoisotopic (exact) mass is 389 g/mol. The van der Waals surface area contributed by atoms with Crippen LogP contribution in [0, 0.1) is 12.7 Å². The molecule has 1 nitrogen and oxygen atoms in total. The van der Waals surface area contributed by atoms with E-state index in [0.29, 0.717) is 12.0 Å². The van der Waals surface area contributed by atoms with Gasteiger partial charge in [-0.15, -0.1) is 11.3 Å². The number of benzene rings is 1. The summed E-state index contributed by atoms with van der Waals surface area (Å²) < 4.78 is 14.8. The molecule has 1 atom stereocenters. The molecule has 0 aliphatic rings. The maximum Gasteiger partial charge on any atom is 0.127 e. The lowest BCUT2D eigenvalue weighted by Gasteiger charge is -2.18. The maximum atomic E-state index is 14.1. The number of halogens is 3. The molecule has 0 aliphatic heterocycles. The summed E-state index contributed by atoms with van der Waals surface area (Å²) in [7, 11) is 0. The minimum absolute atomic E-state index is 0.0480. The molecular formula is C16H18BrClFNS. The van der Waals surface area contributed by atoms with Crippen molar-refractivity contribution in [2.45, 2.75) is 32.7 Å². The Hall–Kier alpha value is -0.420. The first-order valence-electron chi connectivity index (χ1n) is 6.93. The third-order valence-electron chi connectivity index (χ3n) is 3.32. The van der Waals surface area contributed by atoms with Gasteiger partial charge >= 0.3 is 0 Å². The lowest BCUT2D eigenvalue weighted by Crippen LogP contribution is -2.24. The number of thiophene rings is 1. The Balaban J connectivity index is 2.26. The predicted molar refractivity (Wildman–Crippen MR) is 92.9 cm³/mol. The second-order valence-electron chi connectivity index (χ2n) is 5.04. The first-order chi connectivity index (χ1) is 10.0. The number of nitrogens with one attached hydrogen (secondary N) is 1. The van der Waals surface area contributed by atoms with Crippen LogP contribution in [0.3, 0.4) is 0 Å². The van der Waals surface area contributed by atoms with Gasteiger partial charge in [0.2, 0.25) is 0 Å². The van der Waals surface area contributed by atoms with Gasteiger partial charge in [-0.3, -0.25) is 0 Å². The molecule has 114 valence electrons.